The number of halogens is 3. The first-order valence-corrected chi connectivity index (χ1v) is 40.4. The van der Waals surface area contributed by atoms with Crippen LogP contribution >= 0.6 is 0 Å². The molecule has 0 aliphatic carbocycles. The van der Waals surface area contributed by atoms with Crippen molar-refractivity contribution in [3.05, 3.63) is 236 Å². The number of aryl methyl sites for hydroxylation is 3. The highest BCUT2D eigenvalue weighted by atomic mass is 32.2. The zero-order valence-electron chi connectivity index (χ0n) is 65.5. The van der Waals surface area contributed by atoms with E-state index >= 15 is 0 Å². The Balaban J connectivity index is 0.000000159. The molecule has 0 spiro atoms. The molecule has 0 aromatic heterocycles. The molecular weight excluding hydrogens is 1510 g/mol. The lowest BCUT2D eigenvalue weighted by atomic mass is 9.76. The van der Waals surface area contributed by atoms with Gasteiger partial charge in [0, 0.05) is 118 Å². The van der Waals surface area contributed by atoms with Gasteiger partial charge in [0.2, 0.25) is 23.6 Å². The van der Waals surface area contributed by atoms with Crippen molar-refractivity contribution in [2.45, 2.75) is 139 Å². The highest BCUT2D eigenvalue weighted by Crippen LogP contribution is 2.38. The van der Waals surface area contributed by atoms with E-state index in [1.807, 2.05) is 61.5 Å². The van der Waals surface area contributed by atoms with E-state index in [1.165, 1.54) is 64.4 Å². The van der Waals surface area contributed by atoms with Crippen molar-refractivity contribution < 1.29 is 98.5 Å². The number of amides is 4. The molecule has 15 rings (SSSR count). The lowest BCUT2D eigenvalue weighted by Gasteiger charge is -2.27. The van der Waals surface area contributed by atoms with Crippen molar-refractivity contribution in [1.82, 2.24) is 26.6 Å². The van der Waals surface area contributed by atoms with Crippen LogP contribution in [-0.2, 0) is 69.4 Å². The molecule has 23 nitrogen and oxygen atoms in total. The summed E-state index contributed by atoms with van der Waals surface area (Å²) in [6, 6.07) is 50.4. The summed E-state index contributed by atoms with van der Waals surface area (Å²) < 4.78 is 84.2. The molecule has 0 saturated carbocycles. The van der Waals surface area contributed by atoms with Crippen LogP contribution < -0.4 is 41.0 Å². The molecule has 7 saturated heterocycles. The van der Waals surface area contributed by atoms with E-state index in [0.717, 1.165) is 122 Å². The number of aliphatic hydroxyl groups is 1. The third-order valence-electron chi connectivity index (χ3n) is 20.9. The predicted octanol–water partition coefficient (Wildman–Crippen LogP) is 11.4. The number of phenolic OH excluding ortho intramolecular Hbond substituents is 1. The summed E-state index contributed by atoms with van der Waals surface area (Å²) >= 11 is 0. The van der Waals surface area contributed by atoms with Crippen molar-refractivity contribution in [2.24, 2.45) is 0 Å². The highest BCUT2D eigenvalue weighted by Gasteiger charge is 2.49. The first-order valence-electron chi connectivity index (χ1n) is 39.0. The Morgan fingerprint density at radius 1 is 0.491 bits per heavy atom. The fourth-order valence-corrected chi connectivity index (χ4v) is 15.2. The number of alkyl halides is 3. The average molecular weight is 1620 g/mol. The fourth-order valence-electron chi connectivity index (χ4n) is 14.8. The van der Waals surface area contributed by atoms with Gasteiger partial charge >= 0.3 is 22.7 Å². The van der Waals surface area contributed by atoms with Crippen LogP contribution in [0.3, 0.4) is 0 Å². The van der Waals surface area contributed by atoms with Gasteiger partial charge in [0.1, 0.15) is 36.1 Å². The molecule has 7 aliphatic rings. The molecule has 28 heteroatoms. The Morgan fingerprint density at radius 2 is 0.940 bits per heavy atom. The van der Waals surface area contributed by atoms with Crippen molar-refractivity contribution in [1.29, 1.82) is 0 Å². The van der Waals surface area contributed by atoms with Gasteiger partial charge in [-0.25, -0.2) is 0 Å². The lowest BCUT2D eigenvalue weighted by Crippen LogP contribution is -2.32. The van der Waals surface area contributed by atoms with Crippen molar-refractivity contribution in [2.75, 3.05) is 72.8 Å². The van der Waals surface area contributed by atoms with Crippen LogP contribution in [0.2, 0.25) is 0 Å². The van der Waals surface area contributed by atoms with Gasteiger partial charge in [0.15, 0.2) is 6.29 Å². The topological polar surface area (TPSA) is 341 Å². The van der Waals surface area contributed by atoms with Gasteiger partial charge in [-0.1, -0.05) is 136 Å². The summed E-state index contributed by atoms with van der Waals surface area (Å²) in [5.41, 5.74) is 11.2. The van der Waals surface area contributed by atoms with Crippen LogP contribution in [0.25, 0.3) is 22.3 Å². The number of ether oxygens (including phenoxy) is 4. The Bertz CT molecular complexity index is 4770. The molecule has 116 heavy (non-hydrogen) atoms. The second kappa shape index (κ2) is 44.1. The smallest absolute Gasteiger partial charge is 0.508 e. The number of aldehydes is 3. The summed E-state index contributed by atoms with van der Waals surface area (Å²) in [5, 5.41) is 51.1. The zero-order valence-corrected chi connectivity index (χ0v) is 66.3. The van der Waals surface area contributed by atoms with Gasteiger partial charge in [-0.2, -0.15) is 21.6 Å². The van der Waals surface area contributed by atoms with E-state index in [0.29, 0.717) is 99.3 Å². The van der Waals surface area contributed by atoms with Crippen molar-refractivity contribution in [3.63, 3.8) is 0 Å². The van der Waals surface area contributed by atoms with E-state index in [2.05, 4.69) is 105 Å². The molecule has 0 bridgehead atoms. The van der Waals surface area contributed by atoms with E-state index < -0.39 is 28.5 Å². The van der Waals surface area contributed by atoms with Gasteiger partial charge in [0.05, 0.1) is 26.9 Å². The molecule has 8 aromatic rings. The number of aromatic hydroxyl groups is 1. The van der Waals surface area contributed by atoms with Crippen LogP contribution in [-0.4, -0.2) is 157 Å². The Hall–Kier alpha value is -10.4. The fraction of sp³-hybridized carbons (Fsp3) is 0.375. The molecular formula is C88H101BF3N5O18S. The number of phenols is 1. The molecule has 616 valence electrons. The number of carbonyl (C=O) groups is 7. The quantitative estimate of drug-likeness (QED) is 0.0157. The third-order valence-corrected chi connectivity index (χ3v) is 21.9. The minimum Gasteiger partial charge on any atom is -0.508 e. The summed E-state index contributed by atoms with van der Waals surface area (Å²) in [5.74, 6) is 0.733. The van der Waals surface area contributed by atoms with Gasteiger partial charge in [-0.15, -0.1) is 0 Å². The van der Waals surface area contributed by atoms with Crippen LogP contribution in [0.5, 0.6) is 17.2 Å². The van der Waals surface area contributed by atoms with E-state index in [1.54, 1.807) is 25.3 Å². The van der Waals surface area contributed by atoms with Crippen LogP contribution in [0.4, 0.5) is 13.2 Å². The number of hydrogen-bond donors (Lipinski definition) is 9. The van der Waals surface area contributed by atoms with Crippen molar-refractivity contribution in [3.8, 4) is 39.5 Å². The maximum atomic E-state index is 12.2. The second-order valence-electron chi connectivity index (χ2n) is 28.6. The molecule has 9 N–H and O–H groups in total. The number of aliphatic hydroxyl groups excluding tert-OH is 1. The number of hydrogen-bond acceptors (Lipinski definition) is 19. The lowest BCUT2D eigenvalue weighted by molar-refractivity contribution is -0.183. The predicted molar refractivity (Wildman–Crippen MR) is 434 cm³/mol. The monoisotopic (exact) mass is 1620 g/mol. The summed E-state index contributed by atoms with van der Waals surface area (Å²) in [6.07, 6.45) is 10.6. The first kappa shape index (κ1) is 89.5. The molecule has 7 aliphatic heterocycles. The van der Waals surface area contributed by atoms with Crippen LogP contribution in [0.15, 0.2) is 164 Å². The number of rotatable bonds is 19. The van der Waals surface area contributed by atoms with Gasteiger partial charge in [0.25, 0.3) is 0 Å². The molecule has 5 atom stereocenters. The minimum absolute atomic E-state index is 0.00456. The summed E-state index contributed by atoms with van der Waals surface area (Å²) in [6.45, 7) is 14.1. The standard InChI is InChI=1S/C19H19NO2.C19H23NO.C15H19NO4.C12H10F3NO5S.C11H11NO3.C8H11BO2.C4H8O/c1-2-13-5-3-4-6-17(13)14-7-8-18(16(9-14)12-21)15-10-19(22)20-11-15;1-2-14-5-3-4-6-18(14)15-7-8-19(17(11-15)13-21)16-9-10-20-12-16;1-18-11-3-4-12(10-7-14(17)16-9-10)13(8-11)15-19-5-2-6-20-15;13-12(14,15)22(19,20)21-9-1-2-10(8(3-9)6-17)7-4-11(18)16-5-7;13-6-8-3-9(14)1-2-10(8)7-4-11(15)12-5-7;1-2-7-5-3-4-6-8(7)9(10)11;1-2-4-5-3-1/h3-9,12,15H,2,10-11H2,1H3,(H,20,22);3-8,11,16,20-21H,2,9-10,12-13H2,1H3;3-4,8,10,15H,2,5-7,9H2,1H3,(H,16,17);1-3,6-7H,4-5H2,(H,16,18);1-3,6-7,14H,4-5H2,(H,12,15);3-6,10-11H,2H2,1H3;1-4H2. The molecule has 7 fully saturated rings. The summed E-state index contributed by atoms with van der Waals surface area (Å²) in [7, 11) is -5.50. The molecule has 0 radical (unpaired) electrons. The minimum atomic E-state index is -5.80. The van der Waals surface area contributed by atoms with Gasteiger partial charge < -0.3 is 70.0 Å². The number of nitrogens with one attached hydrogen (secondary N) is 5. The van der Waals surface area contributed by atoms with E-state index in [4.69, 9.17) is 29.0 Å². The Labute approximate surface area is 674 Å². The largest absolute Gasteiger partial charge is 0.534 e. The third kappa shape index (κ3) is 24.8. The van der Waals surface area contributed by atoms with Crippen LogP contribution in [0, 0.1) is 0 Å². The second-order valence-corrected chi connectivity index (χ2v) is 30.1. The zero-order chi connectivity index (χ0) is 83.3. The molecule has 8 aromatic carbocycles. The number of methoxy groups -OCH3 is 1. The van der Waals surface area contributed by atoms with E-state index in [-0.39, 0.29) is 77.9 Å². The van der Waals surface area contributed by atoms with Crippen molar-refractivity contribution >= 4 is 65.2 Å². The Kier molecular flexibility index (Phi) is 34.0. The molecule has 4 amide bonds. The maximum absolute atomic E-state index is 12.2. The molecule has 7 heterocycles. The molecule has 5 unspecified atom stereocenters. The first-order chi connectivity index (χ1) is 55.9. The maximum Gasteiger partial charge on any atom is 0.534 e. The van der Waals surface area contributed by atoms with Gasteiger partial charge in [-0.3, -0.25) is 33.6 Å². The van der Waals surface area contributed by atoms with Crippen LogP contribution in [0.1, 0.15) is 195 Å². The number of benzene rings is 8. The van der Waals surface area contributed by atoms with Gasteiger partial charge in [-0.05, 0) is 184 Å². The van der Waals surface area contributed by atoms with E-state index in [9.17, 15) is 65.4 Å². The average Bonchev–Trinajstić information content (AvgIpc) is 1.45. The normalized spacial score (nSPS) is 18.8. The Morgan fingerprint density at radius 3 is 1.38 bits per heavy atom. The SMILES string of the molecule is C1CCOC1.CCc1ccccc1-c1ccc(C2CCNC2)c(CO)c1.CCc1ccccc1-c1ccc(C2CNC(=O)C2)c(C=O)c1.CCc1ccccc1B(O)O.COc1ccc(C2CNC(=O)C2)c(C2OCCCO2)c1.O=Cc1cc(O)ccc1C1CNC(=O)C1.O=Cc1cc(OS(=O)(=O)C(F)(F)F)ccc1C1CNC(=O)C1. The summed E-state index contributed by atoms with van der Waals surface area (Å²) in [4.78, 5) is 78.4. The number of carbonyl (C=O) groups excluding carboxylic acids is 7. The highest BCUT2D eigenvalue weighted by molar-refractivity contribution is 7.88.